The zero-order valence-electron chi connectivity index (χ0n) is 8.64. The van der Waals surface area contributed by atoms with Crippen LogP contribution in [0.3, 0.4) is 0 Å². The maximum Gasteiger partial charge on any atom is 0.0939 e. The Hall–Kier alpha value is -0.660. The quantitative estimate of drug-likeness (QED) is 0.620. The molecule has 0 spiro atoms. The molecule has 0 heterocycles. The molecule has 0 aliphatic rings. The molecule has 2 heteroatoms. The average Bonchev–Trinajstić information content (AvgIpc) is 2.10. The van der Waals surface area contributed by atoms with E-state index in [1.165, 1.54) is 25.7 Å². The number of hydrogen-bond acceptors (Lipinski definition) is 2. The van der Waals surface area contributed by atoms with Gasteiger partial charge in [0.15, 0.2) is 0 Å². The van der Waals surface area contributed by atoms with E-state index in [0.29, 0.717) is 0 Å². The molecule has 0 atom stereocenters. The third-order valence-corrected chi connectivity index (χ3v) is 2.08. The largest absolute Gasteiger partial charge is 0.386 e. The van der Waals surface area contributed by atoms with Gasteiger partial charge in [-0.2, -0.15) is 0 Å². The van der Waals surface area contributed by atoms with Gasteiger partial charge in [-0.1, -0.05) is 26.2 Å². The van der Waals surface area contributed by atoms with Crippen LogP contribution in [0.25, 0.3) is 0 Å². The Morgan fingerprint density at radius 2 is 2.00 bits per heavy atom. The monoisotopic (exact) mass is 170 g/mol. The number of nitrogens with zero attached hydrogens (tertiary/aromatic N) is 1. The van der Waals surface area contributed by atoms with Crippen molar-refractivity contribution in [2.24, 2.45) is 5.73 Å². The highest BCUT2D eigenvalue weighted by molar-refractivity contribution is 4.91. The molecule has 72 valence electrons. The van der Waals surface area contributed by atoms with E-state index in [1.807, 2.05) is 20.0 Å². The highest BCUT2D eigenvalue weighted by Gasteiger charge is 1.96. The zero-order chi connectivity index (χ0) is 9.40. The molecule has 0 rings (SSSR count). The molecular formula is C10H22N2. The van der Waals surface area contributed by atoms with Crippen LogP contribution in [0, 0.1) is 0 Å². The van der Waals surface area contributed by atoms with E-state index in [-0.39, 0.29) is 0 Å². The molecular weight excluding hydrogens is 148 g/mol. The van der Waals surface area contributed by atoms with Crippen molar-refractivity contribution < 1.29 is 0 Å². The van der Waals surface area contributed by atoms with E-state index in [1.54, 1.807) is 0 Å². The van der Waals surface area contributed by atoms with Crippen molar-refractivity contribution >= 4 is 0 Å². The lowest BCUT2D eigenvalue weighted by Gasteiger charge is -2.18. The smallest absolute Gasteiger partial charge is 0.0939 e. The van der Waals surface area contributed by atoms with Crippen molar-refractivity contribution in [3.05, 3.63) is 11.9 Å². The van der Waals surface area contributed by atoms with Crippen LogP contribution in [-0.4, -0.2) is 18.5 Å². The van der Waals surface area contributed by atoms with Crippen molar-refractivity contribution in [3.8, 4) is 0 Å². The molecule has 0 aliphatic heterocycles. The molecule has 0 aromatic heterocycles. The fourth-order valence-corrected chi connectivity index (χ4v) is 1.13. The summed E-state index contributed by atoms with van der Waals surface area (Å²) in [4.78, 5) is 2.11. The van der Waals surface area contributed by atoms with Crippen LogP contribution in [-0.2, 0) is 0 Å². The Bertz CT molecular complexity index is 130. The zero-order valence-corrected chi connectivity index (χ0v) is 8.64. The van der Waals surface area contributed by atoms with E-state index in [9.17, 15) is 0 Å². The minimum absolute atomic E-state index is 0.881. The van der Waals surface area contributed by atoms with Gasteiger partial charge in [-0.25, -0.2) is 0 Å². The van der Waals surface area contributed by atoms with Crippen LogP contribution in [0.5, 0.6) is 0 Å². The minimum atomic E-state index is 0.881. The lowest BCUT2D eigenvalue weighted by Crippen LogP contribution is -2.24. The fraction of sp³-hybridized carbons (Fsp3) is 0.800. The Morgan fingerprint density at radius 3 is 2.50 bits per heavy atom. The summed E-state index contributed by atoms with van der Waals surface area (Å²) in [5.41, 5.74) is 5.72. The van der Waals surface area contributed by atoms with Crippen molar-refractivity contribution in [2.45, 2.75) is 39.5 Å². The summed E-state index contributed by atoms with van der Waals surface area (Å²) in [6, 6.07) is 0. The molecule has 0 radical (unpaired) electrons. The van der Waals surface area contributed by atoms with Gasteiger partial charge in [-0.05, 0) is 19.4 Å². The van der Waals surface area contributed by atoms with Crippen molar-refractivity contribution in [2.75, 3.05) is 13.6 Å². The molecule has 0 aromatic rings. The third-order valence-electron chi connectivity index (χ3n) is 2.08. The fourth-order valence-electron chi connectivity index (χ4n) is 1.13. The predicted octanol–water partition coefficient (Wildman–Crippen LogP) is 2.32. The molecule has 0 amide bonds. The highest BCUT2D eigenvalue weighted by atomic mass is 15.2. The van der Waals surface area contributed by atoms with E-state index in [2.05, 4.69) is 11.8 Å². The second kappa shape index (κ2) is 7.01. The molecule has 0 saturated carbocycles. The van der Waals surface area contributed by atoms with Gasteiger partial charge in [0.05, 0.1) is 5.82 Å². The average molecular weight is 170 g/mol. The first-order valence-corrected chi connectivity index (χ1v) is 4.85. The van der Waals surface area contributed by atoms with E-state index in [0.717, 1.165) is 12.4 Å². The summed E-state index contributed by atoms with van der Waals surface area (Å²) in [5, 5.41) is 0. The number of allylic oxidation sites excluding steroid dienone is 1. The molecule has 0 unspecified atom stereocenters. The topological polar surface area (TPSA) is 29.3 Å². The van der Waals surface area contributed by atoms with Gasteiger partial charge < -0.3 is 10.6 Å². The SMILES string of the molecule is C/C=C(\N)N(C)CCCCCC. The first-order valence-electron chi connectivity index (χ1n) is 4.85. The number of hydrogen-bond donors (Lipinski definition) is 1. The van der Waals surface area contributed by atoms with Crippen LogP contribution in [0.2, 0.25) is 0 Å². The summed E-state index contributed by atoms with van der Waals surface area (Å²) in [6.07, 6.45) is 7.14. The molecule has 2 N–H and O–H groups in total. The second-order valence-corrected chi connectivity index (χ2v) is 3.20. The van der Waals surface area contributed by atoms with Crippen molar-refractivity contribution in [3.63, 3.8) is 0 Å². The standard InChI is InChI=1S/C10H22N2/c1-4-6-7-8-9-12(3)10(11)5-2/h5H,4,6-9,11H2,1-3H3/b10-5+. The summed E-state index contributed by atoms with van der Waals surface area (Å²) in [5.74, 6) is 0.881. The van der Waals surface area contributed by atoms with Gasteiger partial charge in [0.25, 0.3) is 0 Å². The summed E-state index contributed by atoms with van der Waals surface area (Å²) < 4.78 is 0. The number of unbranched alkanes of at least 4 members (excludes halogenated alkanes) is 3. The summed E-state index contributed by atoms with van der Waals surface area (Å²) in [7, 11) is 2.04. The summed E-state index contributed by atoms with van der Waals surface area (Å²) >= 11 is 0. The number of nitrogens with two attached hydrogens (primary N) is 1. The van der Waals surface area contributed by atoms with E-state index < -0.39 is 0 Å². The van der Waals surface area contributed by atoms with Crippen LogP contribution < -0.4 is 5.73 Å². The molecule has 0 aromatic carbocycles. The van der Waals surface area contributed by atoms with Gasteiger partial charge >= 0.3 is 0 Å². The maximum absolute atomic E-state index is 5.72. The van der Waals surface area contributed by atoms with Gasteiger partial charge in [0.1, 0.15) is 0 Å². The Morgan fingerprint density at radius 1 is 1.33 bits per heavy atom. The lowest BCUT2D eigenvalue weighted by atomic mass is 10.2. The second-order valence-electron chi connectivity index (χ2n) is 3.20. The van der Waals surface area contributed by atoms with Crippen molar-refractivity contribution in [1.29, 1.82) is 0 Å². The molecule has 0 aliphatic carbocycles. The Kier molecular flexibility index (Phi) is 6.63. The van der Waals surface area contributed by atoms with Crippen LogP contribution in [0.1, 0.15) is 39.5 Å². The maximum atomic E-state index is 5.72. The van der Waals surface area contributed by atoms with Gasteiger partial charge in [0.2, 0.25) is 0 Å². The van der Waals surface area contributed by atoms with Crippen LogP contribution in [0.4, 0.5) is 0 Å². The summed E-state index contributed by atoms with van der Waals surface area (Å²) in [6.45, 7) is 5.28. The molecule has 2 nitrogen and oxygen atoms in total. The molecule has 0 bridgehead atoms. The third kappa shape index (κ3) is 5.05. The normalized spacial score (nSPS) is 11.8. The van der Waals surface area contributed by atoms with Gasteiger partial charge in [0, 0.05) is 13.6 Å². The van der Waals surface area contributed by atoms with Gasteiger partial charge in [-0.15, -0.1) is 0 Å². The Labute approximate surface area is 76.4 Å². The molecule has 12 heavy (non-hydrogen) atoms. The first kappa shape index (κ1) is 11.3. The predicted molar refractivity (Wildman–Crippen MR) is 54.7 cm³/mol. The van der Waals surface area contributed by atoms with E-state index >= 15 is 0 Å². The van der Waals surface area contributed by atoms with Crippen molar-refractivity contribution in [1.82, 2.24) is 4.90 Å². The van der Waals surface area contributed by atoms with Crippen LogP contribution >= 0.6 is 0 Å². The lowest BCUT2D eigenvalue weighted by molar-refractivity contribution is 0.394. The van der Waals surface area contributed by atoms with Crippen LogP contribution in [0.15, 0.2) is 11.9 Å². The first-order chi connectivity index (χ1) is 5.72. The molecule has 0 fully saturated rings. The molecule has 0 saturated heterocycles. The minimum Gasteiger partial charge on any atom is -0.386 e. The van der Waals surface area contributed by atoms with E-state index in [4.69, 9.17) is 5.73 Å². The Balaban J connectivity index is 3.37. The number of rotatable bonds is 6. The highest BCUT2D eigenvalue weighted by Crippen LogP contribution is 2.01. The van der Waals surface area contributed by atoms with Gasteiger partial charge in [-0.3, -0.25) is 0 Å².